The van der Waals surface area contributed by atoms with Crippen LogP contribution in [0.3, 0.4) is 0 Å². The highest BCUT2D eigenvalue weighted by Gasteiger charge is 2.28. The standard InChI is InChI=1S/C14H15F3N2O/c1-19(7-6-14(15,16)17)13(20)8-10-9-18-12-5-3-2-4-11(10)12/h2-5,9,18H,6-8H2,1H3. The molecule has 2 aromatic rings. The van der Waals surface area contributed by atoms with Gasteiger partial charge in [-0.2, -0.15) is 13.2 Å². The van der Waals surface area contributed by atoms with Crippen LogP contribution in [0.4, 0.5) is 13.2 Å². The molecule has 0 radical (unpaired) electrons. The van der Waals surface area contributed by atoms with Gasteiger partial charge in [-0.05, 0) is 11.6 Å². The van der Waals surface area contributed by atoms with Gasteiger partial charge in [-0.3, -0.25) is 4.79 Å². The molecule has 0 aliphatic rings. The van der Waals surface area contributed by atoms with Crippen molar-refractivity contribution < 1.29 is 18.0 Å². The molecule has 0 aliphatic heterocycles. The molecule has 0 bridgehead atoms. The van der Waals surface area contributed by atoms with Crippen molar-refractivity contribution in [2.45, 2.75) is 19.0 Å². The minimum atomic E-state index is -4.24. The summed E-state index contributed by atoms with van der Waals surface area (Å²) in [5, 5.41) is 0.921. The molecule has 1 aromatic heterocycles. The number of hydrogen-bond donors (Lipinski definition) is 1. The highest BCUT2D eigenvalue weighted by atomic mass is 19.4. The zero-order valence-electron chi connectivity index (χ0n) is 11.0. The molecule has 1 aromatic carbocycles. The summed E-state index contributed by atoms with van der Waals surface area (Å²) in [4.78, 5) is 16.1. The number of nitrogens with one attached hydrogen (secondary N) is 1. The van der Waals surface area contributed by atoms with Gasteiger partial charge in [-0.15, -0.1) is 0 Å². The number of aromatic nitrogens is 1. The predicted octanol–water partition coefficient (Wildman–Crippen LogP) is 3.12. The topological polar surface area (TPSA) is 36.1 Å². The minimum absolute atomic E-state index is 0.0956. The number of halogens is 3. The van der Waals surface area contributed by atoms with Crippen LogP contribution in [0.2, 0.25) is 0 Å². The fourth-order valence-electron chi connectivity index (χ4n) is 1.99. The van der Waals surface area contributed by atoms with E-state index in [1.165, 1.54) is 7.05 Å². The Hall–Kier alpha value is -1.98. The Balaban J connectivity index is 2.00. The highest BCUT2D eigenvalue weighted by molar-refractivity contribution is 5.88. The highest BCUT2D eigenvalue weighted by Crippen LogP contribution is 2.21. The van der Waals surface area contributed by atoms with E-state index in [9.17, 15) is 18.0 Å². The third kappa shape index (κ3) is 3.53. The Labute approximate surface area is 114 Å². The summed E-state index contributed by atoms with van der Waals surface area (Å²) in [5.41, 5.74) is 1.71. The molecular formula is C14H15F3N2O. The Morgan fingerprint density at radius 3 is 2.70 bits per heavy atom. The second-order valence-corrected chi connectivity index (χ2v) is 4.72. The monoisotopic (exact) mass is 284 g/mol. The first kappa shape index (κ1) is 14.4. The predicted molar refractivity (Wildman–Crippen MR) is 70.3 cm³/mol. The first-order valence-corrected chi connectivity index (χ1v) is 6.22. The maximum absolute atomic E-state index is 12.1. The van der Waals surface area contributed by atoms with E-state index in [1.54, 1.807) is 6.20 Å². The molecule has 0 aliphatic carbocycles. The average Bonchev–Trinajstić information content (AvgIpc) is 2.78. The number of carbonyl (C=O) groups is 1. The lowest BCUT2D eigenvalue weighted by Crippen LogP contribution is -2.31. The van der Waals surface area contributed by atoms with Gasteiger partial charge in [0.1, 0.15) is 0 Å². The summed E-state index contributed by atoms with van der Waals surface area (Å²) < 4.78 is 36.4. The first-order valence-electron chi connectivity index (χ1n) is 6.22. The van der Waals surface area contributed by atoms with Crippen LogP contribution in [-0.2, 0) is 11.2 Å². The number of aromatic amines is 1. The van der Waals surface area contributed by atoms with Crippen molar-refractivity contribution in [2.75, 3.05) is 13.6 Å². The number of H-pyrrole nitrogens is 1. The molecule has 108 valence electrons. The number of carbonyl (C=O) groups excluding carboxylic acids is 1. The van der Waals surface area contributed by atoms with Crippen LogP contribution in [0.5, 0.6) is 0 Å². The van der Waals surface area contributed by atoms with E-state index in [2.05, 4.69) is 4.98 Å². The van der Waals surface area contributed by atoms with Crippen molar-refractivity contribution in [3.63, 3.8) is 0 Å². The lowest BCUT2D eigenvalue weighted by molar-refractivity contribution is -0.143. The molecule has 1 amide bonds. The number of fused-ring (bicyclic) bond motifs is 1. The molecule has 3 nitrogen and oxygen atoms in total. The number of alkyl halides is 3. The van der Waals surface area contributed by atoms with Crippen LogP contribution >= 0.6 is 0 Å². The third-order valence-corrected chi connectivity index (χ3v) is 3.17. The van der Waals surface area contributed by atoms with Crippen molar-refractivity contribution in [2.24, 2.45) is 0 Å². The van der Waals surface area contributed by atoms with Crippen molar-refractivity contribution in [1.29, 1.82) is 0 Å². The molecule has 1 N–H and O–H groups in total. The maximum atomic E-state index is 12.1. The number of nitrogens with zero attached hydrogens (tertiary/aromatic N) is 1. The zero-order valence-corrected chi connectivity index (χ0v) is 11.0. The van der Waals surface area contributed by atoms with Crippen molar-refractivity contribution in [1.82, 2.24) is 9.88 Å². The van der Waals surface area contributed by atoms with Crippen LogP contribution in [-0.4, -0.2) is 35.6 Å². The van der Waals surface area contributed by atoms with Gasteiger partial charge in [0.2, 0.25) is 5.91 Å². The second kappa shape index (κ2) is 5.56. The SMILES string of the molecule is CN(CCC(F)(F)F)C(=O)Cc1c[nH]c2ccccc12. The van der Waals surface area contributed by atoms with Gasteiger partial charge in [0.25, 0.3) is 0 Å². The van der Waals surface area contributed by atoms with Crippen molar-refractivity contribution >= 4 is 16.8 Å². The summed E-state index contributed by atoms with van der Waals surface area (Å²) in [6, 6.07) is 7.50. The Morgan fingerprint density at radius 1 is 1.30 bits per heavy atom. The molecule has 0 atom stereocenters. The van der Waals surface area contributed by atoms with Gasteiger partial charge in [0.05, 0.1) is 12.8 Å². The van der Waals surface area contributed by atoms with E-state index in [0.29, 0.717) is 0 Å². The minimum Gasteiger partial charge on any atom is -0.361 e. The van der Waals surface area contributed by atoms with Crippen LogP contribution in [0.25, 0.3) is 10.9 Å². The summed E-state index contributed by atoms with van der Waals surface area (Å²) in [6.07, 6.45) is -3.41. The van der Waals surface area contributed by atoms with E-state index < -0.39 is 12.6 Å². The fourth-order valence-corrected chi connectivity index (χ4v) is 1.99. The largest absolute Gasteiger partial charge is 0.390 e. The number of likely N-dealkylation sites (N-methyl/N-ethyl adjacent to an activating group) is 1. The van der Waals surface area contributed by atoms with E-state index in [1.807, 2.05) is 24.3 Å². The number of amides is 1. The maximum Gasteiger partial charge on any atom is 0.390 e. The van der Waals surface area contributed by atoms with Gasteiger partial charge in [-0.25, -0.2) is 0 Å². The second-order valence-electron chi connectivity index (χ2n) is 4.72. The molecule has 0 unspecified atom stereocenters. The van der Waals surface area contributed by atoms with E-state index in [4.69, 9.17) is 0 Å². The quantitative estimate of drug-likeness (QED) is 0.920. The Kier molecular flexibility index (Phi) is 4.01. The lowest BCUT2D eigenvalue weighted by Gasteiger charge is -2.18. The molecule has 0 spiro atoms. The summed E-state index contributed by atoms with van der Waals surface area (Å²) >= 11 is 0. The average molecular weight is 284 g/mol. The van der Waals surface area contributed by atoms with Crippen LogP contribution in [0.1, 0.15) is 12.0 Å². The molecular weight excluding hydrogens is 269 g/mol. The van der Waals surface area contributed by atoms with E-state index >= 15 is 0 Å². The normalized spacial score (nSPS) is 11.8. The van der Waals surface area contributed by atoms with Crippen LogP contribution < -0.4 is 0 Å². The van der Waals surface area contributed by atoms with Crippen molar-refractivity contribution in [3.05, 3.63) is 36.0 Å². The van der Waals surface area contributed by atoms with Gasteiger partial charge in [0, 0.05) is 30.7 Å². The van der Waals surface area contributed by atoms with Crippen LogP contribution in [0.15, 0.2) is 30.5 Å². The molecule has 6 heteroatoms. The third-order valence-electron chi connectivity index (χ3n) is 3.17. The summed E-state index contributed by atoms with van der Waals surface area (Å²) in [6.45, 7) is -0.315. The van der Waals surface area contributed by atoms with E-state index in [0.717, 1.165) is 21.4 Å². The molecule has 1 heterocycles. The van der Waals surface area contributed by atoms with Crippen LogP contribution in [0, 0.1) is 0 Å². The van der Waals surface area contributed by atoms with Gasteiger partial charge in [-0.1, -0.05) is 18.2 Å². The smallest absolute Gasteiger partial charge is 0.361 e. The van der Waals surface area contributed by atoms with Crippen molar-refractivity contribution in [3.8, 4) is 0 Å². The first-order chi connectivity index (χ1) is 9.37. The van der Waals surface area contributed by atoms with Gasteiger partial charge >= 0.3 is 6.18 Å². The Bertz CT molecular complexity index is 604. The number of para-hydroxylation sites is 1. The summed E-state index contributed by atoms with van der Waals surface area (Å²) in [7, 11) is 1.39. The molecule has 2 rings (SSSR count). The molecule has 0 saturated carbocycles. The molecule has 0 fully saturated rings. The molecule has 0 saturated heterocycles. The Morgan fingerprint density at radius 2 is 2.00 bits per heavy atom. The van der Waals surface area contributed by atoms with E-state index in [-0.39, 0.29) is 18.9 Å². The zero-order chi connectivity index (χ0) is 14.8. The summed E-state index contributed by atoms with van der Waals surface area (Å²) in [5.74, 6) is -0.320. The number of rotatable bonds is 4. The van der Waals surface area contributed by atoms with Gasteiger partial charge in [0.15, 0.2) is 0 Å². The number of hydrogen-bond acceptors (Lipinski definition) is 1. The lowest BCUT2D eigenvalue weighted by atomic mass is 10.1. The number of benzene rings is 1. The molecule has 20 heavy (non-hydrogen) atoms. The fraction of sp³-hybridized carbons (Fsp3) is 0.357. The van der Waals surface area contributed by atoms with Gasteiger partial charge < -0.3 is 9.88 Å².